The summed E-state index contributed by atoms with van der Waals surface area (Å²) in [6, 6.07) is 0.655. The molecule has 3 heteroatoms. The molecular formula is C12H25NO2. The van der Waals surface area contributed by atoms with Crippen molar-refractivity contribution in [1.29, 1.82) is 0 Å². The fourth-order valence-electron chi connectivity index (χ4n) is 1.20. The number of ether oxygens (including phenoxy) is 1. The van der Waals surface area contributed by atoms with Crippen molar-refractivity contribution in [3.8, 4) is 0 Å². The smallest absolute Gasteiger partial charge is 0.308 e. The van der Waals surface area contributed by atoms with Gasteiger partial charge >= 0.3 is 5.97 Å². The molecule has 0 spiro atoms. The third-order valence-corrected chi connectivity index (χ3v) is 2.23. The molecule has 0 amide bonds. The average molecular weight is 215 g/mol. The van der Waals surface area contributed by atoms with E-state index in [0.717, 1.165) is 0 Å². The van der Waals surface area contributed by atoms with Crippen LogP contribution >= 0.6 is 0 Å². The largest absolute Gasteiger partial charge is 0.464 e. The normalized spacial score (nSPS) is 13.7. The zero-order valence-electron chi connectivity index (χ0n) is 10.8. The maximum atomic E-state index is 11.3. The minimum absolute atomic E-state index is 0.0446. The van der Waals surface area contributed by atoms with Crippen LogP contribution in [0.15, 0.2) is 0 Å². The van der Waals surface area contributed by atoms with Gasteiger partial charge < -0.3 is 10.1 Å². The molecule has 0 rings (SSSR count). The molecule has 0 aromatic heterocycles. The van der Waals surface area contributed by atoms with Gasteiger partial charge in [0.15, 0.2) is 0 Å². The van der Waals surface area contributed by atoms with E-state index in [1.54, 1.807) is 0 Å². The molecule has 0 aliphatic rings. The highest BCUT2D eigenvalue weighted by Gasteiger charge is 2.17. The van der Waals surface area contributed by atoms with Crippen LogP contribution < -0.4 is 5.32 Å². The maximum absolute atomic E-state index is 11.3. The van der Waals surface area contributed by atoms with Crippen molar-refractivity contribution in [2.75, 3.05) is 6.61 Å². The van der Waals surface area contributed by atoms with Crippen LogP contribution in [0.3, 0.4) is 0 Å². The summed E-state index contributed by atoms with van der Waals surface area (Å²) in [4.78, 5) is 11.3. The Morgan fingerprint density at radius 3 is 2.00 bits per heavy atom. The van der Waals surface area contributed by atoms with Crippen LogP contribution in [-0.2, 0) is 9.53 Å². The molecule has 1 atom stereocenters. The molecule has 0 saturated heterocycles. The van der Waals surface area contributed by atoms with E-state index in [1.165, 1.54) is 0 Å². The van der Waals surface area contributed by atoms with Crippen molar-refractivity contribution in [2.45, 2.75) is 53.6 Å². The maximum Gasteiger partial charge on any atom is 0.308 e. The SMILES string of the molecule is CC(C)NC(COC(=O)C(C)C)C(C)C. The lowest BCUT2D eigenvalue weighted by Crippen LogP contribution is -2.42. The van der Waals surface area contributed by atoms with Gasteiger partial charge in [0.1, 0.15) is 6.61 Å². The molecule has 0 aliphatic heterocycles. The summed E-state index contributed by atoms with van der Waals surface area (Å²) < 4.78 is 5.23. The first-order valence-corrected chi connectivity index (χ1v) is 5.77. The van der Waals surface area contributed by atoms with Crippen LogP contribution in [0.4, 0.5) is 0 Å². The Morgan fingerprint density at radius 1 is 1.13 bits per heavy atom. The Morgan fingerprint density at radius 2 is 1.67 bits per heavy atom. The third kappa shape index (κ3) is 6.50. The van der Waals surface area contributed by atoms with E-state index in [2.05, 4.69) is 33.0 Å². The van der Waals surface area contributed by atoms with E-state index < -0.39 is 0 Å². The lowest BCUT2D eigenvalue weighted by Gasteiger charge is -2.24. The molecule has 0 heterocycles. The van der Waals surface area contributed by atoms with E-state index in [1.807, 2.05) is 13.8 Å². The molecule has 15 heavy (non-hydrogen) atoms. The molecule has 0 aromatic rings. The molecule has 0 radical (unpaired) electrons. The quantitative estimate of drug-likeness (QED) is 0.690. The molecule has 0 bridgehead atoms. The Bertz CT molecular complexity index is 188. The third-order valence-electron chi connectivity index (χ3n) is 2.23. The lowest BCUT2D eigenvalue weighted by molar-refractivity contribution is -0.148. The highest BCUT2D eigenvalue weighted by atomic mass is 16.5. The number of nitrogens with one attached hydrogen (secondary N) is 1. The molecule has 0 saturated carbocycles. The van der Waals surface area contributed by atoms with Gasteiger partial charge in [-0.1, -0.05) is 41.5 Å². The molecular weight excluding hydrogens is 190 g/mol. The fourth-order valence-corrected chi connectivity index (χ4v) is 1.20. The van der Waals surface area contributed by atoms with E-state index in [0.29, 0.717) is 18.6 Å². The topological polar surface area (TPSA) is 38.3 Å². The van der Waals surface area contributed by atoms with Crippen LogP contribution in [0, 0.1) is 11.8 Å². The molecule has 1 unspecified atom stereocenters. The lowest BCUT2D eigenvalue weighted by atomic mass is 10.0. The summed E-state index contributed by atoms with van der Waals surface area (Å²) in [5.41, 5.74) is 0. The van der Waals surface area contributed by atoms with Gasteiger partial charge in [-0.3, -0.25) is 4.79 Å². The Balaban J connectivity index is 4.02. The van der Waals surface area contributed by atoms with Gasteiger partial charge in [-0.2, -0.15) is 0 Å². The fraction of sp³-hybridized carbons (Fsp3) is 0.917. The molecule has 1 N–H and O–H groups in total. The number of carbonyl (C=O) groups excluding carboxylic acids is 1. The molecule has 0 aliphatic carbocycles. The predicted octanol–water partition coefficient (Wildman–Crippen LogP) is 2.21. The van der Waals surface area contributed by atoms with Crippen LogP contribution in [0.1, 0.15) is 41.5 Å². The standard InChI is InChI=1S/C12H25NO2/c1-8(2)11(13-10(5)6)7-15-12(14)9(3)4/h8-11,13H,7H2,1-6H3. The van der Waals surface area contributed by atoms with Crippen LogP contribution in [0.5, 0.6) is 0 Å². The van der Waals surface area contributed by atoms with Crippen molar-refractivity contribution < 1.29 is 9.53 Å². The van der Waals surface area contributed by atoms with Crippen LogP contribution in [-0.4, -0.2) is 24.7 Å². The zero-order valence-corrected chi connectivity index (χ0v) is 10.8. The van der Waals surface area contributed by atoms with E-state index in [4.69, 9.17) is 4.74 Å². The van der Waals surface area contributed by atoms with Gasteiger partial charge in [0.2, 0.25) is 0 Å². The monoisotopic (exact) mass is 215 g/mol. The van der Waals surface area contributed by atoms with E-state index >= 15 is 0 Å². The Labute approximate surface area is 93.6 Å². The Kier molecular flexibility index (Phi) is 6.57. The summed E-state index contributed by atoms with van der Waals surface area (Å²) in [6.07, 6.45) is 0. The first-order valence-electron chi connectivity index (χ1n) is 5.77. The minimum Gasteiger partial charge on any atom is -0.464 e. The summed E-state index contributed by atoms with van der Waals surface area (Å²) in [5.74, 6) is 0.301. The van der Waals surface area contributed by atoms with Crippen molar-refractivity contribution in [2.24, 2.45) is 11.8 Å². The summed E-state index contributed by atoms with van der Waals surface area (Å²) in [5, 5.41) is 3.40. The van der Waals surface area contributed by atoms with E-state index in [-0.39, 0.29) is 17.9 Å². The number of carbonyl (C=O) groups is 1. The second kappa shape index (κ2) is 6.83. The Hall–Kier alpha value is -0.570. The number of rotatable bonds is 6. The van der Waals surface area contributed by atoms with Gasteiger partial charge in [-0.25, -0.2) is 0 Å². The van der Waals surface area contributed by atoms with Crippen molar-refractivity contribution in [1.82, 2.24) is 5.32 Å². The van der Waals surface area contributed by atoms with Crippen LogP contribution in [0.25, 0.3) is 0 Å². The predicted molar refractivity (Wildman–Crippen MR) is 62.7 cm³/mol. The second-order valence-corrected chi connectivity index (χ2v) is 4.96. The van der Waals surface area contributed by atoms with Crippen molar-refractivity contribution in [3.63, 3.8) is 0 Å². The van der Waals surface area contributed by atoms with Gasteiger partial charge in [0.05, 0.1) is 5.92 Å². The first kappa shape index (κ1) is 14.4. The van der Waals surface area contributed by atoms with E-state index in [9.17, 15) is 4.79 Å². The van der Waals surface area contributed by atoms with Gasteiger partial charge in [-0.05, 0) is 5.92 Å². The van der Waals surface area contributed by atoms with Crippen LogP contribution in [0.2, 0.25) is 0 Å². The van der Waals surface area contributed by atoms with Gasteiger partial charge in [0, 0.05) is 12.1 Å². The number of esters is 1. The molecule has 0 fully saturated rings. The highest BCUT2D eigenvalue weighted by Crippen LogP contribution is 2.05. The summed E-state index contributed by atoms with van der Waals surface area (Å²) >= 11 is 0. The molecule has 90 valence electrons. The minimum atomic E-state index is -0.119. The van der Waals surface area contributed by atoms with Crippen molar-refractivity contribution in [3.05, 3.63) is 0 Å². The average Bonchev–Trinajstić information content (AvgIpc) is 2.10. The number of hydrogen-bond acceptors (Lipinski definition) is 3. The van der Waals surface area contributed by atoms with Gasteiger partial charge in [0.25, 0.3) is 0 Å². The molecule has 3 nitrogen and oxygen atoms in total. The zero-order chi connectivity index (χ0) is 12.0. The summed E-state index contributed by atoms with van der Waals surface area (Å²) in [7, 11) is 0. The number of hydrogen-bond donors (Lipinski definition) is 1. The van der Waals surface area contributed by atoms with Crippen molar-refractivity contribution >= 4 is 5.97 Å². The molecule has 0 aromatic carbocycles. The summed E-state index contributed by atoms with van der Waals surface area (Å²) in [6.45, 7) is 12.6. The second-order valence-electron chi connectivity index (χ2n) is 4.96. The first-order chi connectivity index (χ1) is 6.84. The van der Waals surface area contributed by atoms with Gasteiger partial charge in [-0.15, -0.1) is 0 Å². The highest BCUT2D eigenvalue weighted by molar-refractivity contribution is 5.71.